The van der Waals surface area contributed by atoms with Crippen molar-refractivity contribution in [1.29, 1.82) is 0 Å². The molecule has 5 nitrogen and oxygen atoms in total. The molecule has 0 spiro atoms. The number of phenolic OH excluding ortho intramolecular Hbond substituents is 1. The van der Waals surface area contributed by atoms with Crippen LogP contribution >= 0.6 is 0 Å². The monoisotopic (exact) mass is 449 g/mol. The van der Waals surface area contributed by atoms with Gasteiger partial charge in [-0.15, -0.1) is 0 Å². The van der Waals surface area contributed by atoms with Gasteiger partial charge in [0.2, 0.25) is 0 Å². The second kappa shape index (κ2) is 7.03. The summed E-state index contributed by atoms with van der Waals surface area (Å²) in [5.74, 6) is -1.08. The molecule has 2 aromatic carbocycles. The summed E-state index contributed by atoms with van der Waals surface area (Å²) in [6.45, 7) is 5.94. The fourth-order valence-electron chi connectivity index (χ4n) is 4.75. The first kappa shape index (κ1) is 22.3. The van der Waals surface area contributed by atoms with Crippen LogP contribution in [0.1, 0.15) is 48.8 Å². The number of aromatic nitrogens is 2. The number of nitrogens with one attached hydrogen (secondary N) is 1. The predicted molar refractivity (Wildman–Crippen MR) is 112 cm³/mol. The number of hydrogen-bond acceptors (Lipinski definition) is 5. The summed E-state index contributed by atoms with van der Waals surface area (Å²) in [5, 5.41) is 24.9. The van der Waals surface area contributed by atoms with E-state index in [9.17, 15) is 27.8 Å². The number of fused-ring (bicyclic) bond motifs is 2. The van der Waals surface area contributed by atoms with Crippen molar-refractivity contribution in [2.24, 2.45) is 0 Å². The van der Waals surface area contributed by atoms with Crippen LogP contribution < -0.4 is 5.32 Å². The van der Waals surface area contributed by atoms with E-state index < -0.39 is 41.2 Å². The minimum absolute atomic E-state index is 0.0116. The Morgan fingerprint density at radius 1 is 1.19 bits per heavy atom. The minimum Gasteiger partial charge on any atom is -0.505 e. The Morgan fingerprint density at radius 2 is 1.88 bits per heavy atom. The lowest BCUT2D eigenvalue weighted by Crippen LogP contribution is -2.58. The highest BCUT2D eigenvalue weighted by molar-refractivity contribution is 5.91. The molecular formula is C23H23F4N3O2. The van der Waals surface area contributed by atoms with E-state index in [-0.39, 0.29) is 22.4 Å². The maximum absolute atomic E-state index is 14.5. The maximum atomic E-state index is 14.5. The predicted octanol–water partition coefficient (Wildman–Crippen LogP) is 5.22. The Hall–Kier alpha value is -2.94. The number of halogens is 4. The zero-order valence-corrected chi connectivity index (χ0v) is 18.0. The van der Waals surface area contributed by atoms with Gasteiger partial charge in [-0.1, -0.05) is 26.0 Å². The lowest BCUT2D eigenvalue weighted by atomic mass is 9.63. The van der Waals surface area contributed by atoms with Gasteiger partial charge in [0.05, 0.1) is 11.6 Å². The van der Waals surface area contributed by atoms with Gasteiger partial charge in [-0.3, -0.25) is 0 Å². The van der Waals surface area contributed by atoms with E-state index in [1.807, 2.05) is 0 Å². The normalized spacial score (nSPS) is 22.6. The van der Waals surface area contributed by atoms with Gasteiger partial charge in [-0.05, 0) is 48.9 Å². The van der Waals surface area contributed by atoms with Crippen molar-refractivity contribution in [2.45, 2.75) is 57.3 Å². The molecule has 9 heteroatoms. The highest BCUT2D eigenvalue weighted by Gasteiger charge is 2.64. The van der Waals surface area contributed by atoms with Gasteiger partial charge in [0.1, 0.15) is 5.82 Å². The van der Waals surface area contributed by atoms with Crippen LogP contribution in [0.5, 0.6) is 5.75 Å². The second-order valence-electron chi connectivity index (χ2n) is 9.04. The van der Waals surface area contributed by atoms with Crippen LogP contribution in [0.3, 0.4) is 0 Å². The standard InChI is InChI=1S/C23H23F4N3O2/c1-11-8-13-17(19(31)18(11)24)21(3,4)10-22(32,23(25,26)27)20(13)30-16-7-5-6-15-14(16)9-28-12(2)29-15/h5-9,20,30-32H,10H2,1-4H3. The van der Waals surface area contributed by atoms with Crippen LogP contribution in [-0.2, 0) is 5.41 Å². The van der Waals surface area contributed by atoms with Crippen LogP contribution in [0.15, 0.2) is 30.5 Å². The molecule has 1 aromatic heterocycles. The first-order valence-electron chi connectivity index (χ1n) is 10.1. The Bertz CT molecular complexity index is 1230. The number of nitrogens with zero attached hydrogens (tertiary/aromatic N) is 2. The molecule has 1 heterocycles. The molecule has 0 saturated heterocycles. The molecule has 2 unspecified atom stereocenters. The largest absolute Gasteiger partial charge is 0.505 e. The third kappa shape index (κ3) is 3.26. The fourth-order valence-corrected chi connectivity index (χ4v) is 4.75. The molecule has 0 fully saturated rings. The van der Waals surface area contributed by atoms with Crippen molar-refractivity contribution in [2.75, 3.05) is 5.32 Å². The Balaban J connectivity index is 1.98. The number of aromatic hydroxyl groups is 1. The first-order valence-corrected chi connectivity index (χ1v) is 10.1. The summed E-state index contributed by atoms with van der Waals surface area (Å²) in [7, 11) is 0. The first-order chi connectivity index (χ1) is 14.8. The topological polar surface area (TPSA) is 78.3 Å². The summed E-state index contributed by atoms with van der Waals surface area (Å²) in [6.07, 6.45) is -4.28. The molecule has 0 saturated carbocycles. The van der Waals surface area contributed by atoms with Gasteiger partial charge in [0.25, 0.3) is 0 Å². The third-order valence-corrected chi connectivity index (χ3v) is 6.16. The van der Waals surface area contributed by atoms with Gasteiger partial charge in [-0.25, -0.2) is 14.4 Å². The van der Waals surface area contributed by atoms with Gasteiger partial charge in [-0.2, -0.15) is 13.2 Å². The molecule has 0 amide bonds. The molecule has 2 atom stereocenters. The Labute approximate surface area is 182 Å². The Kier molecular flexibility index (Phi) is 4.89. The molecule has 170 valence electrons. The van der Waals surface area contributed by atoms with Crippen molar-refractivity contribution in [3.05, 3.63) is 58.8 Å². The molecule has 0 aliphatic heterocycles. The van der Waals surface area contributed by atoms with Gasteiger partial charge < -0.3 is 15.5 Å². The quantitative estimate of drug-likeness (QED) is 0.468. The highest BCUT2D eigenvalue weighted by Crippen LogP contribution is 2.57. The highest BCUT2D eigenvalue weighted by atomic mass is 19.4. The van der Waals surface area contributed by atoms with Crippen LogP contribution in [0.4, 0.5) is 23.2 Å². The Morgan fingerprint density at radius 3 is 2.53 bits per heavy atom. The number of rotatable bonds is 2. The maximum Gasteiger partial charge on any atom is 0.419 e. The molecule has 0 bridgehead atoms. The lowest BCUT2D eigenvalue weighted by molar-refractivity contribution is -0.276. The lowest BCUT2D eigenvalue weighted by Gasteiger charge is -2.49. The number of benzene rings is 2. The fraction of sp³-hybridized carbons (Fsp3) is 0.391. The summed E-state index contributed by atoms with van der Waals surface area (Å²) in [4.78, 5) is 8.42. The molecule has 1 aliphatic carbocycles. The zero-order chi connectivity index (χ0) is 23.6. The summed E-state index contributed by atoms with van der Waals surface area (Å²) < 4.78 is 57.5. The molecule has 1 aliphatic rings. The van der Waals surface area contributed by atoms with E-state index in [1.165, 1.54) is 33.0 Å². The van der Waals surface area contributed by atoms with Crippen LogP contribution in [0.2, 0.25) is 0 Å². The molecule has 3 N–H and O–H groups in total. The third-order valence-electron chi connectivity index (χ3n) is 6.16. The number of phenols is 1. The van der Waals surface area contributed by atoms with Crippen molar-refractivity contribution in [1.82, 2.24) is 9.97 Å². The van der Waals surface area contributed by atoms with E-state index in [0.29, 0.717) is 16.7 Å². The number of anilines is 1. The van der Waals surface area contributed by atoms with Crippen molar-refractivity contribution < 1.29 is 27.8 Å². The molecule has 32 heavy (non-hydrogen) atoms. The summed E-state index contributed by atoms with van der Waals surface area (Å²) in [5.41, 5.74) is -3.73. The average molecular weight is 449 g/mol. The number of hydrogen-bond donors (Lipinski definition) is 3. The molecular weight excluding hydrogens is 426 g/mol. The molecule has 3 aromatic rings. The van der Waals surface area contributed by atoms with E-state index in [4.69, 9.17) is 0 Å². The number of alkyl halides is 3. The van der Waals surface area contributed by atoms with E-state index in [2.05, 4.69) is 15.3 Å². The van der Waals surface area contributed by atoms with Crippen molar-refractivity contribution >= 4 is 16.6 Å². The van der Waals surface area contributed by atoms with E-state index >= 15 is 0 Å². The van der Waals surface area contributed by atoms with Crippen LogP contribution in [0.25, 0.3) is 10.9 Å². The van der Waals surface area contributed by atoms with Gasteiger partial charge >= 0.3 is 6.18 Å². The van der Waals surface area contributed by atoms with Gasteiger partial charge in [0.15, 0.2) is 17.2 Å². The summed E-state index contributed by atoms with van der Waals surface area (Å²) in [6, 6.07) is 4.45. The zero-order valence-electron chi connectivity index (χ0n) is 18.0. The van der Waals surface area contributed by atoms with Crippen LogP contribution in [-0.4, -0.2) is 32.0 Å². The minimum atomic E-state index is -5.00. The average Bonchev–Trinajstić information content (AvgIpc) is 2.67. The SMILES string of the molecule is Cc1ncc2c(NC3c4cc(C)c(F)c(O)c4C(C)(C)CC3(O)C(F)(F)F)cccc2n1. The second-order valence-corrected chi connectivity index (χ2v) is 9.04. The number of aryl methyl sites for hydroxylation is 2. The smallest absolute Gasteiger partial charge is 0.419 e. The van der Waals surface area contributed by atoms with Gasteiger partial charge in [0, 0.05) is 22.8 Å². The van der Waals surface area contributed by atoms with Crippen LogP contribution in [0, 0.1) is 19.7 Å². The van der Waals surface area contributed by atoms with E-state index in [1.54, 1.807) is 25.1 Å². The number of aliphatic hydroxyl groups is 1. The summed E-state index contributed by atoms with van der Waals surface area (Å²) >= 11 is 0. The molecule has 4 rings (SSSR count). The van der Waals surface area contributed by atoms with E-state index in [0.717, 1.165) is 0 Å². The van der Waals surface area contributed by atoms with Crippen molar-refractivity contribution in [3.8, 4) is 5.75 Å². The van der Waals surface area contributed by atoms with Crippen molar-refractivity contribution in [3.63, 3.8) is 0 Å². The molecule has 0 radical (unpaired) electrons.